The number of amides is 2. The van der Waals surface area contributed by atoms with E-state index in [0.717, 1.165) is 31.5 Å². The second-order valence-electron chi connectivity index (χ2n) is 4.98. The summed E-state index contributed by atoms with van der Waals surface area (Å²) in [5.74, 6) is -0.0466. The van der Waals surface area contributed by atoms with Gasteiger partial charge in [-0.25, -0.2) is 0 Å². The van der Waals surface area contributed by atoms with Gasteiger partial charge >= 0.3 is 0 Å². The van der Waals surface area contributed by atoms with E-state index in [1.807, 2.05) is 21.7 Å². The van der Waals surface area contributed by atoms with Crippen molar-refractivity contribution in [1.82, 2.24) is 10.2 Å². The van der Waals surface area contributed by atoms with Crippen LogP contribution in [-0.2, 0) is 16.0 Å². The molecule has 2 heterocycles. The number of thiophene rings is 1. The van der Waals surface area contributed by atoms with Gasteiger partial charge in [0.05, 0.1) is 6.42 Å². The zero-order chi connectivity index (χ0) is 13.7. The molecule has 0 bridgehead atoms. The topological polar surface area (TPSA) is 49.4 Å². The van der Waals surface area contributed by atoms with Crippen LogP contribution >= 0.6 is 11.3 Å². The average Bonchev–Trinajstić information content (AvgIpc) is 2.91. The van der Waals surface area contributed by atoms with Crippen molar-refractivity contribution < 1.29 is 9.59 Å². The molecule has 0 radical (unpaired) electrons. The van der Waals surface area contributed by atoms with Crippen LogP contribution in [0.4, 0.5) is 0 Å². The predicted molar refractivity (Wildman–Crippen MR) is 76.1 cm³/mol. The lowest BCUT2D eigenvalue weighted by molar-refractivity contribution is -0.136. The molecule has 1 fully saturated rings. The minimum atomic E-state index is -0.427. The SMILES string of the molecule is C[C@H](NC(=O)Cc1ccsc1)C(=O)N1CCCCC1. The molecule has 1 saturated heterocycles. The van der Waals surface area contributed by atoms with Gasteiger partial charge in [0, 0.05) is 13.1 Å². The second-order valence-corrected chi connectivity index (χ2v) is 5.76. The summed E-state index contributed by atoms with van der Waals surface area (Å²) < 4.78 is 0. The Labute approximate surface area is 117 Å². The summed E-state index contributed by atoms with van der Waals surface area (Å²) >= 11 is 1.57. The largest absolute Gasteiger partial charge is 0.344 e. The van der Waals surface area contributed by atoms with Crippen LogP contribution in [0, 0.1) is 0 Å². The molecule has 2 rings (SSSR count). The Morgan fingerprint density at radius 2 is 2.11 bits per heavy atom. The third-order valence-corrected chi connectivity index (χ3v) is 4.09. The summed E-state index contributed by atoms with van der Waals surface area (Å²) in [6, 6.07) is 1.51. The Morgan fingerprint density at radius 1 is 1.37 bits per heavy atom. The molecule has 1 N–H and O–H groups in total. The molecule has 5 heteroatoms. The lowest BCUT2D eigenvalue weighted by Gasteiger charge is -2.29. The van der Waals surface area contributed by atoms with Gasteiger partial charge in [0.1, 0.15) is 6.04 Å². The molecule has 1 aliphatic rings. The monoisotopic (exact) mass is 280 g/mol. The number of carbonyl (C=O) groups is 2. The van der Waals surface area contributed by atoms with E-state index in [1.165, 1.54) is 6.42 Å². The number of likely N-dealkylation sites (tertiary alicyclic amines) is 1. The molecular formula is C14H20N2O2S. The van der Waals surface area contributed by atoms with E-state index in [0.29, 0.717) is 6.42 Å². The number of nitrogens with zero attached hydrogens (tertiary/aromatic N) is 1. The first-order valence-electron chi connectivity index (χ1n) is 6.76. The van der Waals surface area contributed by atoms with E-state index >= 15 is 0 Å². The normalized spacial score (nSPS) is 17.0. The number of piperidine rings is 1. The maximum absolute atomic E-state index is 12.1. The fraction of sp³-hybridized carbons (Fsp3) is 0.571. The molecular weight excluding hydrogens is 260 g/mol. The Hall–Kier alpha value is -1.36. The maximum atomic E-state index is 12.1. The van der Waals surface area contributed by atoms with E-state index in [4.69, 9.17) is 0 Å². The zero-order valence-electron chi connectivity index (χ0n) is 11.2. The molecule has 1 aromatic heterocycles. The second kappa shape index (κ2) is 6.70. The van der Waals surface area contributed by atoms with Crippen molar-refractivity contribution in [2.45, 2.75) is 38.6 Å². The van der Waals surface area contributed by atoms with Gasteiger partial charge in [-0.3, -0.25) is 9.59 Å². The minimum absolute atomic E-state index is 0.0402. The van der Waals surface area contributed by atoms with Crippen molar-refractivity contribution in [3.63, 3.8) is 0 Å². The fourth-order valence-electron chi connectivity index (χ4n) is 2.32. The number of hydrogen-bond donors (Lipinski definition) is 1. The van der Waals surface area contributed by atoms with Gasteiger partial charge in [0.15, 0.2) is 0 Å². The Balaban J connectivity index is 1.80. The Morgan fingerprint density at radius 3 is 2.74 bits per heavy atom. The molecule has 0 spiro atoms. The van der Waals surface area contributed by atoms with Crippen LogP contribution < -0.4 is 5.32 Å². The van der Waals surface area contributed by atoms with E-state index in [2.05, 4.69) is 5.32 Å². The van der Waals surface area contributed by atoms with Gasteiger partial charge in [-0.15, -0.1) is 0 Å². The molecule has 1 aromatic rings. The van der Waals surface area contributed by atoms with Crippen LogP contribution in [0.25, 0.3) is 0 Å². The average molecular weight is 280 g/mol. The van der Waals surface area contributed by atoms with Crippen molar-refractivity contribution in [1.29, 1.82) is 0 Å². The molecule has 2 amide bonds. The molecule has 0 aromatic carbocycles. The molecule has 4 nitrogen and oxygen atoms in total. The fourth-order valence-corrected chi connectivity index (χ4v) is 2.99. The van der Waals surface area contributed by atoms with Crippen LogP contribution in [0.15, 0.2) is 16.8 Å². The summed E-state index contributed by atoms with van der Waals surface area (Å²) in [6.07, 6.45) is 3.69. The Bertz CT molecular complexity index is 425. The van der Waals surface area contributed by atoms with Crippen molar-refractivity contribution >= 4 is 23.2 Å². The predicted octanol–water partition coefficient (Wildman–Crippen LogP) is 1.81. The van der Waals surface area contributed by atoms with Crippen molar-refractivity contribution in [3.8, 4) is 0 Å². The number of rotatable bonds is 4. The number of hydrogen-bond acceptors (Lipinski definition) is 3. The van der Waals surface area contributed by atoms with Gasteiger partial charge in [0.2, 0.25) is 11.8 Å². The lowest BCUT2D eigenvalue weighted by atomic mass is 10.1. The molecule has 104 valence electrons. The van der Waals surface area contributed by atoms with E-state index < -0.39 is 6.04 Å². The summed E-state index contributed by atoms with van der Waals surface area (Å²) in [6.45, 7) is 3.41. The van der Waals surface area contributed by atoms with Gasteiger partial charge in [-0.1, -0.05) is 0 Å². The van der Waals surface area contributed by atoms with Crippen LogP contribution in [-0.4, -0.2) is 35.8 Å². The van der Waals surface area contributed by atoms with Gasteiger partial charge in [-0.2, -0.15) is 11.3 Å². The number of carbonyl (C=O) groups excluding carboxylic acids is 2. The molecule has 0 unspecified atom stereocenters. The van der Waals surface area contributed by atoms with Gasteiger partial charge in [0.25, 0.3) is 0 Å². The van der Waals surface area contributed by atoms with Crippen LogP contribution in [0.1, 0.15) is 31.7 Å². The van der Waals surface area contributed by atoms with Crippen molar-refractivity contribution in [2.24, 2.45) is 0 Å². The highest BCUT2D eigenvalue weighted by Crippen LogP contribution is 2.10. The van der Waals surface area contributed by atoms with Gasteiger partial charge in [-0.05, 0) is 48.6 Å². The molecule has 1 atom stereocenters. The summed E-state index contributed by atoms with van der Waals surface area (Å²) in [5, 5.41) is 6.69. The summed E-state index contributed by atoms with van der Waals surface area (Å²) in [7, 11) is 0. The minimum Gasteiger partial charge on any atom is -0.344 e. The first-order valence-corrected chi connectivity index (χ1v) is 7.70. The molecule has 0 saturated carbocycles. The van der Waals surface area contributed by atoms with Crippen LogP contribution in [0.5, 0.6) is 0 Å². The maximum Gasteiger partial charge on any atom is 0.244 e. The highest BCUT2D eigenvalue weighted by atomic mass is 32.1. The van der Waals surface area contributed by atoms with E-state index in [-0.39, 0.29) is 11.8 Å². The Kier molecular flexibility index (Phi) is 4.96. The first-order chi connectivity index (χ1) is 9.16. The quantitative estimate of drug-likeness (QED) is 0.914. The van der Waals surface area contributed by atoms with Crippen molar-refractivity contribution in [3.05, 3.63) is 22.4 Å². The highest BCUT2D eigenvalue weighted by molar-refractivity contribution is 7.07. The van der Waals surface area contributed by atoms with Crippen LogP contribution in [0.3, 0.4) is 0 Å². The van der Waals surface area contributed by atoms with Gasteiger partial charge < -0.3 is 10.2 Å². The summed E-state index contributed by atoms with van der Waals surface area (Å²) in [5.41, 5.74) is 1.00. The smallest absolute Gasteiger partial charge is 0.244 e. The van der Waals surface area contributed by atoms with Crippen molar-refractivity contribution in [2.75, 3.05) is 13.1 Å². The van der Waals surface area contributed by atoms with E-state index in [9.17, 15) is 9.59 Å². The molecule has 19 heavy (non-hydrogen) atoms. The molecule has 1 aliphatic heterocycles. The third kappa shape index (κ3) is 4.06. The highest BCUT2D eigenvalue weighted by Gasteiger charge is 2.23. The molecule has 0 aliphatic carbocycles. The first kappa shape index (κ1) is 14.1. The third-order valence-electron chi connectivity index (χ3n) is 3.36. The lowest BCUT2D eigenvalue weighted by Crippen LogP contribution is -2.48. The van der Waals surface area contributed by atoms with E-state index in [1.54, 1.807) is 18.3 Å². The number of nitrogens with one attached hydrogen (secondary N) is 1. The zero-order valence-corrected chi connectivity index (χ0v) is 12.0. The summed E-state index contributed by atoms with van der Waals surface area (Å²) in [4.78, 5) is 25.8. The standard InChI is InChI=1S/C14H20N2O2S/c1-11(14(18)16-6-3-2-4-7-16)15-13(17)9-12-5-8-19-10-12/h5,8,10-11H,2-4,6-7,9H2,1H3,(H,15,17)/t11-/m0/s1. The van der Waals surface area contributed by atoms with Crippen LogP contribution in [0.2, 0.25) is 0 Å².